The minimum absolute atomic E-state index is 0.0229. The van der Waals surface area contributed by atoms with E-state index in [0.717, 1.165) is 23.6 Å². The Morgan fingerprint density at radius 2 is 2.00 bits per heavy atom. The molecule has 3 heterocycles. The van der Waals surface area contributed by atoms with Crippen molar-refractivity contribution in [2.75, 3.05) is 5.73 Å². The third-order valence-corrected chi connectivity index (χ3v) is 6.31. The van der Waals surface area contributed by atoms with E-state index in [1.165, 1.54) is 19.2 Å². The fraction of sp³-hybridized carbons (Fsp3) is 0.421. The predicted octanol–water partition coefficient (Wildman–Crippen LogP) is -0.212. The fourth-order valence-corrected chi connectivity index (χ4v) is 4.39. The molecule has 3 rings (SSSR count). The van der Waals surface area contributed by atoms with Gasteiger partial charge in [0.05, 0.1) is 11.7 Å². The Morgan fingerprint density at radius 1 is 1.35 bits per heavy atom. The van der Waals surface area contributed by atoms with Crippen molar-refractivity contribution in [3.05, 3.63) is 39.3 Å². The molecule has 202 valence electrons. The lowest BCUT2D eigenvalue weighted by atomic mass is 9.84. The van der Waals surface area contributed by atoms with E-state index in [4.69, 9.17) is 15.1 Å². The largest absolute Gasteiger partial charge is 0.503 e. The minimum Gasteiger partial charge on any atom is -0.503 e. The molecule has 1 aliphatic heterocycles. The number of aromatic nitrogens is 2. The zero-order valence-corrected chi connectivity index (χ0v) is 21.5. The Morgan fingerprint density at radius 3 is 2.51 bits per heavy atom. The number of anilines is 1. The van der Waals surface area contributed by atoms with E-state index < -0.39 is 62.7 Å². The third-order valence-electron chi connectivity index (χ3n) is 5.30. The van der Waals surface area contributed by atoms with Gasteiger partial charge in [0.15, 0.2) is 22.7 Å². The van der Waals surface area contributed by atoms with E-state index in [-0.39, 0.29) is 16.5 Å². The number of carbonyl (C=O) groups is 2. The van der Waals surface area contributed by atoms with Crippen LogP contribution in [0.2, 0.25) is 0 Å². The van der Waals surface area contributed by atoms with Crippen molar-refractivity contribution in [3.8, 4) is 5.75 Å². The Balaban J connectivity index is 1.92. The van der Waals surface area contributed by atoms with Gasteiger partial charge in [0.1, 0.15) is 17.4 Å². The Hall–Kier alpha value is -3.74. The van der Waals surface area contributed by atoms with Gasteiger partial charge >= 0.3 is 10.4 Å². The molecule has 1 saturated heterocycles. The first kappa shape index (κ1) is 27.8. The molecule has 2 unspecified atom stereocenters. The van der Waals surface area contributed by atoms with Crippen LogP contribution < -0.4 is 16.5 Å². The molecule has 0 radical (unpaired) electrons. The number of oxime groups is 1. The maximum Gasteiger partial charge on any atom is 0.418 e. The molecule has 2 amide bonds. The number of nitrogens with zero attached hydrogens (tertiary/aromatic N) is 4. The van der Waals surface area contributed by atoms with E-state index in [1.54, 1.807) is 13.8 Å². The van der Waals surface area contributed by atoms with Crippen molar-refractivity contribution < 1.29 is 42.0 Å². The topological polar surface area (TPSA) is 236 Å². The van der Waals surface area contributed by atoms with Crippen LogP contribution in [0.15, 0.2) is 27.6 Å². The van der Waals surface area contributed by atoms with Crippen LogP contribution in [0.1, 0.15) is 45.2 Å². The lowest BCUT2D eigenvalue weighted by Gasteiger charge is -2.50. The number of hydrogen-bond acceptors (Lipinski definition) is 13. The summed E-state index contributed by atoms with van der Waals surface area (Å²) in [5.74, 6) is -3.04. The van der Waals surface area contributed by atoms with E-state index in [0.29, 0.717) is 9.79 Å². The second-order valence-electron chi connectivity index (χ2n) is 8.77. The summed E-state index contributed by atoms with van der Waals surface area (Å²) in [5, 5.41) is 27.8. The molecular formula is C19H24N6O10S2. The number of hydroxylamine groups is 2. The van der Waals surface area contributed by atoms with Gasteiger partial charge in [-0.3, -0.25) is 18.9 Å². The van der Waals surface area contributed by atoms with Crippen LogP contribution in [0, 0.1) is 5.92 Å². The summed E-state index contributed by atoms with van der Waals surface area (Å²) in [6.45, 7) is 6.10. The van der Waals surface area contributed by atoms with Crippen molar-refractivity contribution in [3.63, 3.8) is 0 Å². The first-order valence-electron chi connectivity index (χ1n) is 10.4. The molecule has 0 bridgehead atoms. The van der Waals surface area contributed by atoms with Crippen LogP contribution in [0.4, 0.5) is 5.13 Å². The van der Waals surface area contributed by atoms with Crippen LogP contribution in [-0.4, -0.2) is 67.2 Å². The summed E-state index contributed by atoms with van der Waals surface area (Å²) in [7, 11) is -4.99. The van der Waals surface area contributed by atoms with Crippen molar-refractivity contribution in [2.45, 2.75) is 45.4 Å². The molecule has 0 saturated carbocycles. The van der Waals surface area contributed by atoms with Gasteiger partial charge in [-0.25, -0.2) is 4.98 Å². The predicted molar refractivity (Wildman–Crippen MR) is 127 cm³/mol. The number of amides is 2. The SMILES string of the molecule is CC(C)C(O/N=C(\C(=O)NC1C(=O)N(OS(=O)(=O)O)C1(C)C)c1csc(N)n1)c1cc(=O)c(O)cn1O. The number of β-lactam (4-membered cyclic amide) rings is 1. The summed E-state index contributed by atoms with van der Waals surface area (Å²) in [5.41, 5.74) is 2.96. The lowest BCUT2D eigenvalue weighted by molar-refractivity contribution is -0.218. The van der Waals surface area contributed by atoms with Crippen LogP contribution in [0.3, 0.4) is 0 Å². The molecule has 2 aromatic heterocycles. The second-order valence-corrected chi connectivity index (χ2v) is 10.7. The number of carbonyl (C=O) groups excluding carboxylic acids is 2. The molecule has 37 heavy (non-hydrogen) atoms. The molecule has 0 aromatic carbocycles. The first-order valence-corrected chi connectivity index (χ1v) is 12.7. The maximum absolute atomic E-state index is 13.2. The molecule has 2 aromatic rings. The molecular weight excluding hydrogens is 536 g/mol. The summed E-state index contributed by atoms with van der Waals surface area (Å²) >= 11 is 0.986. The summed E-state index contributed by atoms with van der Waals surface area (Å²) in [4.78, 5) is 47.0. The number of aromatic hydroxyl groups is 1. The molecule has 16 nitrogen and oxygen atoms in total. The molecule has 1 aliphatic rings. The van der Waals surface area contributed by atoms with E-state index >= 15 is 0 Å². The molecule has 0 spiro atoms. The minimum atomic E-state index is -4.99. The number of nitrogens with one attached hydrogen (secondary N) is 1. The smallest absolute Gasteiger partial charge is 0.418 e. The lowest BCUT2D eigenvalue weighted by Crippen LogP contribution is -2.76. The molecule has 1 fully saturated rings. The highest BCUT2D eigenvalue weighted by Gasteiger charge is 2.58. The number of pyridine rings is 1. The molecule has 18 heteroatoms. The Kier molecular flexibility index (Phi) is 7.49. The number of thiazole rings is 1. The average Bonchev–Trinajstić information content (AvgIpc) is 3.21. The molecule has 0 aliphatic carbocycles. The van der Waals surface area contributed by atoms with E-state index in [2.05, 4.69) is 19.7 Å². The summed E-state index contributed by atoms with van der Waals surface area (Å²) in [6.07, 6.45) is -0.308. The van der Waals surface area contributed by atoms with Gasteiger partial charge in [-0.2, -0.15) is 18.2 Å². The van der Waals surface area contributed by atoms with Crippen LogP contribution in [0.5, 0.6) is 5.75 Å². The van der Waals surface area contributed by atoms with Crippen molar-refractivity contribution in [1.29, 1.82) is 0 Å². The maximum atomic E-state index is 13.2. The van der Waals surface area contributed by atoms with Crippen molar-refractivity contribution >= 4 is 44.4 Å². The fourth-order valence-electron chi connectivity index (χ4n) is 3.39. The molecule has 6 N–H and O–H groups in total. The van der Waals surface area contributed by atoms with Crippen molar-refractivity contribution in [1.82, 2.24) is 20.1 Å². The van der Waals surface area contributed by atoms with Gasteiger partial charge in [-0.05, 0) is 19.8 Å². The number of rotatable bonds is 9. The van der Waals surface area contributed by atoms with Gasteiger partial charge < -0.3 is 26.2 Å². The highest BCUT2D eigenvalue weighted by molar-refractivity contribution is 7.80. The second kappa shape index (κ2) is 9.96. The van der Waals surface area contributed by atoms with Crippen molar-refractivity contribution in [2.24, 2.45) is 11.1 Å². The van der Waals surface area contributed by atoms with E-state index in [9.17, 15) is 33.1 Å². The van der Waals surface area contributed by atoms with Gasteiger partial charge in [0, 0.05) is 11.4 Å². The standard InChI is InChI=1S/C19H24N6O10S2/c1-8(2)14(10-5-11(26)12(27)6-24(10)30)34-23-13(9-7-36-18(20)21-9)16(28)22-15-17(29)25(19(15,3)4)35-37(31,32)33/h5-8,14-15,27,30H,1-4H3,(H2,20,21)(H,22,28)(H,31,32,33)/b23-13-. The van der Waals surface area contributed by atoms with Crippen LogP contribution in [0.25, 0.3) is 0 Å². The Labute approximate surface area is 213 Å². The van der Waals surface area contributed by atoms with Gasteiger partial charge in [-0.15, -0.1) is 15.6 Å². The highest BCUT2D eigenvalue weighted by atomic mass is 32.3. The summed E-state index contributed by atoms with van der Waals surface area (Å²) < 4.78 is 35.7. The van der Waals surface area contributed by atoms with Gasteiger partial charge in [0.25, 0.3) is 11.8 Å². The van der Waals surface area contributed by atoms with E-state index in [1.807, 2.05) is 0 Å². The normalized spacial score (nSPS) is 18.4. The number of nitrogen functional groups attached to an aromatic ring is 1. The highest BCUT2D eigenvalue weighted by Crippen LogP contribution is 2.33. The molecule has 2 atom stereocenters. The quantitative estimate of drug-likeness (QED) is 0.0880. The van der Waals surface area contributed by atoms with Gasteiger partial charge in [-0.1, -0.05) is 19.0 Å². The summed E-state index contributed by atoms with van der Waals surface area (Å²) in [6, 6.07) is -0.348. The Bertz CT molecular complexity index is 1410. The average molecular weight is 561 g/mol. The third kappa shape index (κ3) is 5.82. The zero-order valence-electron chi connectivity index (χ0n) is 19.8. The van der Waals surface area contributed by atoms with Crippen LogP contribution in [-0.2, 0) is 29.1 Å². The zero-order chi connectivity index (χ0) is 27.9. The van der Waals surface area contributed by atoms with Crippen LogP contribution >= 0.6 is 11.3 Å². The van der Waals surface area contributed by atoms with Gasteiger partial charge in [0.2, 0.25) is 5.43 Å². The number of hydrogen-bond donors (Lipinski definition) is 5. The monoisotopic (exact) mass is 560 g/mol. The first-order chi connectivity index (χ1) is 17.0. The number of nitrogens with two attached hydrogens (primary N) is 1.